The molecular weight excluding hydrogens is 595 g/mol. The molecule has 0 N–H and O–H groups in total. The van der Waals surface area contributed by atoms with E-state index in [9.17, 15) is 22.8 Å². The number of ether oxygens (including phenoxy) is 3. The molecule has 2 aliphatic carbocycles. The van der Waals surface area contributed by atoms with Crippen LogP contribution in [-0.4, -0.2) is 49.0 Å². The smallest absolute Gasteiger partial charge is 0.407 e. The number of carbonyl (C=O) groups excluding carboxylic acids is 2. The number of esters is 1. The van der Waals surface area contributed by atoms with Crippen LogP contribution in [0, 0.1) is 23.8 Å². The van der Waals surface area contributed by atoms with E-state index >= 15 is 0 Å². The molecular formula is C32H34F3N3O5S. The van der Waals surface area contributed by atoms with Gasteiger partial charge in [0.1, 0.15) is 17.9 Å². The fourth-order valence-electron chi connectivity index (χ4n) is 6.76. The Morgan fingerprint density at radius 1 is 1.05 bits per heavy atom. The van der Waals surface area contributed by atoms with Gasteiger partial charge in [0, 0.05) is 11.4 Å². The molecule has 1 aliphatic heterocycles. The van der Waals surface area contributed by atoms with Gasteiger partial charge < -0.3 is 19.1 Å². The highest BCUT2D eigenvalue weighted by molar-refractivity contribution is 7.81. The Morgan fingerprint density at radius 2 is 1.66 bits per heavy atom. The first kappa shape index (κ1) is 31.7. The maximum Gasteiger partial charge on any atom is 0.407 e. The fraction of sp³-hybridized carbons (Fsp3) is 0.500. The van der Waals surface area contributed by atoms with Crippen LogP contribution in [0.3, 0.4) is 0 Å². The van der Waals surface area contributed by atoms with E-state index in [0.29, 0.717) is 48.5 Å². The maximum absolute atomic E-state index is 13.6. The van der Waals surface area contributed by atoms with Crippen LogP contribution in [0.2, 0.25) is 0 Å². The second-order valence-corrected chi connectivity index (χ2v) is 12.7. The van der Waals surface area contributed by atoms with Gasteiger partial charge in [-0.25, -0.2) is 9.64 Å². The van der Waals surface area contributed by atoms with Gasteiger partial charge in [0.15, 0.2) is 10.8 Å². The van der Waals surface area contributed by atoms with Crippen LogP contribution >= 0.6 is 12.2 Å². The summed E-state index contributed by atoms with van der Waals surface area (Å²) in [4.78, 5) is 30.5. The molecule has 0 aromatic heterocycles. The number of benzene rings is 2. The van der Waals surface area contributed by atoms with Crippen molar-refractivity contribution in [3.05, 3.63) is 59.4 Å². The summed E-state index contributed by atoms with van der Waals surface area (Å²) >= 11 is 5.61. The van der Waals surface area contributed by atoms with E-state index in [1.54, 1.807) is 49.9 Å². The Hall–Kier alpha value is -3.69. The molecule has 3 fully saturated rings. The molecule has 234 valence electrons. The number of alkyl halides is 3. The summed E-state index contributed by atoms with van der Waals surface area (Å²) in [5.74, 6) is 0.804. The zero-order chi connectivity index (χ0) is 31.9. The summed E-state index contributed by atoms with van der Waals surface area (Å²) in [5.41, 5.74) is -1.91. The Balaban J connectivity index is 1.15. The molecule has 1 spiro atoms. The maximum atomic E-state index is 13.6. The first-order valence-corrected chi connectivity index (χ1v) is 14.9. The molecule has 3 aliphatic rings. The lowest BCUT2D eigenvalue weighted by molar-refractivity contribution is -0.151. The molecule has 0 unspecified atom stereocenters. The van der Waals surface area contributed by atoms with E-state index in [2.05, 4.69) is 4.85 Å². The van der Waals surface area contributed by atoms with Crippen molar-refractivity contribution >= 4 is 46.3 Å². The molecule has 44 heavy (non-hydrogen) atoms. The number of rotatable bonds is 10. The average molecular weight is 630 g/mol. The van der Waals surface area contributed by atoms with Crippen molar-refractivity contribution in [1.29, 1.82) is 0 Å². The van der Waals surface area contributed by atoms with Crippen molar-refractivity contribution in [2.24, 2.45) is 17.3 Å². The van der Waals surface area contributed by atoms with Crippen LogP contribution in [-0.2, 0) is 25.2 Å². The van der Waals surface area contributed by atoms with Crippen molar-refractivity contribution in [3.8, 4) is 5.75 Å². The molecule has 1 amide bonds. The third-order valence-corrected chi connectivity index (χ3v) is 9.04. The minimum absolute atomic E-state index is 0.00297. The van der Waals surface area contributed by atoms with Crippen molar-refractivity contribution in [3.63, 3.8) is 0 Å². The molecule has 1 saturated heterocycles. The molecule has 2 aromatic carbocycles. The third-order valence-electron chi connectivity index (χ3n) is 8.68. The standard InChI is InChI=1S/C32H34F3N3O5S/c1-5-42-27(39)19-41-17-20-13-31(14-20)15-21(16-31)18-43-24-9-6-22(7-10-24)38-29(44)37(28(40)30(38,2)3)23-8-11-26(36-4)25(12-23)32(33,34)35/h6-12,20-21H,5,13-19H2,1-3H3. The monoisotopic (exact) mass is 629 g/mol. The Kier molecular flexibility index (Phi) is 8.66. The van der Waals surface area contributed by atoms with Crippen LogP contribution in [0.5, 0.6) is 5.75 Å². The zero-order valence-corrected chi connectivity index (χ0v) is 25.6. The van der Waals surface area contributed by atoms with Gasteiger partial charge >= 0.3 is 12.1 Å². The highest BCUT2D eigenvalue weighted by Crippen LogP contribution is 2.61. The van der Waals surface area contributed by atoms with Gasteiger partial charge in [-0.3, -0.25) is 9.69 Å². The Bertz CT molecular complexity index is 1470. The first-order chi connectivity index (χ1) is 20.8. The highest BCUT2D eigenvalue weighted by Gasteiger charge is 2.53. The predicted octanol–water partition coefficient (Wildman–Crippen LogP) is 6.94. The van der Waals surface area contributed by atoms with Gasteiger partial charge in [-0.1, -0.05) is 6.07 Å². The average Bonchev–Trinajstić information content (AvgIpc) is 3.10. The van der Waals surface area contributed by atoms with Crippen LogP contribution in [0.15, 0.2) is 42.5 Å². The number of thiocarbonyl (C=S) groups is 1. The lowest BCUT2D eigenvalue weighted by Crippen LogP contribution is -2.50. The molecule has 2 saturated carbocycles. The Morgan fingerprint density at radius 3 is 2.25 bits per heavy atom. The second-order valence-electron chi connectivity index (χ2n) is 12.3. The van der Waals surface area contributed by atoms with Gasteiger partial charge in [-0.05, 0) is 112 Å². The molecule has 8 nitrogen and oxygen atoms in total. The minimum atomic E-state index is -4.76. The zero-order valence-electron chi connectivity index (χ0n) is 24.8. The van der Waals surface area contributed by atoms with Crippen molar-refractivity contribution in [2.45, 2.75) is 58.2 Å². The largest absolute Gasteiger partial charge is 0.493 e. The molecule has 1 heterocycles. The summed E-state index contributed by atoms with van der Waals surface area (Å²) in [6.07, 6.45) is -0.360. The summed E-state index contributed by atoms with van der Waals surface area (Å²) < 4.78 is 57.2. The van der Waals surface area contributed by atoms with Crippen molar-refractivity contribution in [2.75, 3.05) is 36.2 Å². The molecule has 12 heteroatoms. The fourth-order valence-corrected chi connectivity index (χ4v) is 7.28. The normalized spacial score (nSPS) is 24.1. The number of nitrogens with zero attached hydrogens (tertiary/aromatic N) is 3. The topological polar surface area (TPSA) is 72.7 Å². The lowest BCUT2D eigenvalue weighted by Gasteiger charge is -2.57. The summed E-state index contributed by atoms with van der Waals surface area (Å²) in [5, 5.41) is 0.0437. The molecule has 0 radical (unpaired) electrons. The SMILES string of the molecule is [C-]#[N+]c1ccc(N2C(=O)C(C)(C)N(c3ccc(OCC4CC5(CC(COCC(=O)OCC)C5)C4)cc3)C2=S)cc1C(F)(F)F. The summed E-state index contributed by atoms with van der Waals surface area (Å²) in [7, 11) is 0. The van der Waals surface area contributed by atoms with E-state index in [1.165, 1.54) is 6.07 Å². The third kappa shape index (κ3) is 6.13. The van der Waals surface area contributed by atoms with Crippen LogP contribution in [0.4, 0.5) is 30.2 Å². The summed E-state index contributed by atoms with van der Waals surface area (Å²) in [6, 6.07) is 10.3. The van der Waals surface area contributed by atoms with E-state index in [1.807, 2.05) is 0 Å². The number of anilines is 2. The van der Waals surface area contributed by atoms with Crippen molar-refractivity contribution < 1.29 is 37.0 Å². The van der Waals surface area contributed by atoms with Gasteiger partial charge in [0.25, 0.3) is 5.91 Å². The van der Waals surface area contributed by atoms with E-state index in [4.69, 9.17) is 33.0 Å². The first-order valence-electron chi connectivity index (χ1n) is 14.5. The highest BCUT2D eigenvalue weighted by atomic mass is 32.1. The molecule has 5 rings (SSSR count). The number of amides is 1. The number of hydrogen-bond donors (Lipinski definition) is 0. The molecule has 2 aromatic rings. The quantitative estimate of drug-likeness (QED) is 0.160. The predicted molar refractivity (Wildman–Crippen MR) is 162 cm³/mol. The lowest BCUT2D eigenvalue weighted by atomic mass is 9.48. The summed E-state index contributed by atoms with van der Waals surface area (Å²) in [6.45, 7) is 13.7. The molecule has 0 atom stereocenters. The minimum Gasteiger partial charge on any atom is -0.493 e. The van der Waals surface area contributed by atoms with E-state index < -0.39 is 28.9 Å². The van der Waals surface area contributed by atoms with Gasteiger partial charge in [0.2, 0.25) is 0 Å². The van der Waals surface area contributed by atoms with Crippen LogP contribution in [0.1, 0.15) is 52.0 Å². The van der Waals surface area contributed by atoms with E-state index in [0.717, 1.165) is 42.7 Å². The van der Waals surface area contributed by atoms with Gasteiger partial charge in [-0.15, -0.1) is 0 Å². The number of carbonyl (C=O) groups is 2. The van der Waals surface area contributed by atoms with E-state index in [-0.39, 0.29) is 23.4 Å². The second kappa shape index (κ2) is 12.0. The van der Waals surface area contributed by atoms with Crippen LogP contribution < -0.4 is 14.5 Å². The van der Waals surface area contributed by atoms with Crippen LogP contribution in [0.25, 0.3) is 4.85 Å². The van der Waals surface area contributed by atoms with Crippen molar-refractivity contribution in [1.82, 2.24) is 0 Å². The Labute approximate surface area is 259 Å². The molecule has 0 bridgehead atoms. The number of hydrogen-bond acceptors (Lipinski definition) is 6. The van der Waals surface area contributed by atoms with Gasteiger partial charge in [0.05, 0.1) is 32.0 Å². The number of halogens is 3. The van der Waals surface area contributed by atoms with Gasteiger partial charge in [-0.2, -0.15) is 13.2 Å².